The van der Waals surface area contributed by atoms with Crippen LogP contribution >= 0.6 is 11.3 Å². The summed E-state index contributed by atoms with van der Waals surface area (Å²) < 4.78 is 104. The van der Waals surface area contributed by atoms with Crippen LogP contribution in [-0.2, 0) is 0 Å². The van der Waals surface area contributed by atoms with E-state index in [0.717, 1.165) is 33.2 Å². The Kier molecular flexibility index (Phi) is 4.54. The van der Waals surface area contributed by atoms with Crippen molar-refractivity contribution in [2.75, 3.05) is 0 Å². The number of benzene rings is 7. The van der Waals surface area contributed by atoms with Gasteiger partial charge in [0.25, 0.3) is 0 Å². The van der Waals surface area contributed by atoms with Gasteiger partial charge in [0.1, 0.15) is 11.2 Å². The number of thiophene rings is 1. The highest BCUT2D eigenvalue weighted by molar-refractivity contribution is 7.25. The minimum absolute atomic E-state index is 0.0160. The van der Waals surface area contributed by atoms with E-state index < -0.39 is 60.4 Å². The fraction of sp³-hybridized carbons (Fsp3) is 0. The molecule has 7 aromatic carbocycles. The lowest BCUT2D eigenvalue weighted by atomic mass is 9.98. The van der Waals surface area contributed by atoms with E-state index in [1.54, 1.807) is 6.07 Å². The maximum absolute atomic E-state index is 9.69. The number of nitrogens with zero attached hydrogens (tertiary/aromatic N) is 3. The fourth-order valence-electron chi connectivity index (χ4n) is 6.18. The van der Waals surface area contributed by atoms with Crippen LogP contribution in [0.3, 0.4) is 0 Å². The van der Waals surface area contributed by atoms with Crippen molar-refractivity contribution >= 4 is 53.4 Å². The molecule has 3 aromatic heterocycles. The molecule has 10 rings (SSSR count). The standard InChI is InChI=1S/C45H27N3OS/c1-2-10-28(11-3-1)29-20-22-30(23-21-29)43-46-44(48-45(47-43)33-24-25-36-35-14-4-6-17-38(35)49-39(36)27-33)32-13-8-12-31(26-32)34-16-9-19-41-42(34)37-15-5-7-18-40(37)50-41/h1-27H/i5D,7D,8D,9D,12D,13D,15D,16D,18D,19D,26D. The molecule has 0 saturated carbocycles. The van der Waals surface area contributed by atoms with Crippen LogP contribution in [0.25, 0.3) is 98.5 Å². The summed E-state index contributed by atoms with van der Waals surface area (Å²) in [6, 6.07) is 24.8. The van der Waals surface area contributed by atoms with Crippen LogP contribution in [0, 0.1) is 0 Å². The quantitative estimate of drug-likeness (QED) is 0.183. The fourth-order valence-corrected chi connectivity index (χ4v) is 7.15. The predicted molar refractivity (Wildman–Crippen MR) is 207 cm³/mol. The Balaban J connectivity index is 1.25. The Hall–Kier alpha value is -6.43. The lowest BCUT2D eigenvalue weighted by Gasteiger charge is -2.11. The molecule has 0 aliphatic carbocycles. The lowest BCUT2D eigenvalue weighted by Crippen LogP contribution is -2.00. The predicted octanol–water partition coefficient (Wildman–Crippen LogP) is 12.5. The normalized spacial score (nSPS) is 14.7. The number of fused-ring (bicyclic) bond motifs is 6. The zero-order valence-electron chi connectivity index (χ0n) is 36.9. The van der Waals surface area contributed by atoms with Gasteiger partial charge in [-0.25, -0.2) is 15.0 Å². The number of rotatable bonds is 5. The van der Waals surface area contributed by atoms with Crippen LogP contribution in [0.4, 0.5) is 0 Å². The van der Waals surface area contributed by atoms with Gasteiger partial charge in [-0.3, -0.25) is 0 Å². The second-order valence-electron chi connectivity index (χ2n) is 11.6. The molecule has 4 nitrogen and oxygen atoms in total. The van der Waals surface area contributed by atoms with E-state index in [9.17, 15) is 1.37 Å². The largest absolute Gasteiger partial charge is 0.456 e. The second-order valence-corrected chi connectivity index (χ2v) is 12.6. The number of furan rings is 1. The Bertz CT molecular complexity index is 3500. The van der Waals surface area contributed by atoms with Gasteiger partial charge in [0.2, 0.25) is 0 Å². The van der Waals surface area contributed by atoms with Crippen molar-refractivity contribution < 1.29 is 19.5 Å². The van der Waals surface area contributed by atoms with Gasteiger partial charge in [-0.1, -0.05) is 127 Å². The Morgan fingerprint density at radius 3 is 1.98 bits per heavy atom. The van der Waals surface area contributed by atoms with E-state index in [4.69, 9.17) is 33.1 Å². The Morgan fingerprint density at radius 1 is 0.460 bits per heavy atom. The van der Waals surface area contributed by atoms with Crippen molar-refractivity contribution in [2.45, 2.75) is 0 Å². The summed E-state index contributed by atoms with van der Waals surface area (Å²) in [6.45, 7) is 0. The zero-order valence-corrected chi connectivity index (χ0v) is 26.7. The van der Waals surface area contributed by atoms with Crippen molar-refractivity contribution in [1.29, 1.82) is 0 Å². The highest BCUT2D eigenvalue weighted by Gasteiger charge is 2.17. The van der Waals surface area contributed by atoms with E-state index >= 15 is 0 Å². The van der Waals surface area contributed by atoms with Gasteiger partial charge in [-0.15, -0.1) is 11.3 Å². The van der Waals surface area contributed by atoms with Crippen LogP contribution in [0.2, 0.25) is 0 Å². The first-order valence-electron chi connectivity index (χ1n) is 21.2. The molecule has 0 bridgehead atoms. The van der Waals surface area contributed by atoms with Gasteiger partial charge in [0.05, 0.1) is 15.1 Å². The third-order valence-corrected chi connectivity index (χ3v) is 9.59. The number of hydrogen-bond donors (Lipinski definition) is 0. The highest BCUT2D eigenvalue weighted by atomic mass is 32.1. The average Bonchev–Trinajstić information content (AvgIpc) is 3.87. The molecule has 0 unspecified atom stereocenters. The summed E-state index contributed by atoms with van der Waals surface area (Å²) in [4.78, 5) is 14.4. The summed E-state index contributed by atoms with van der Waals surface area (Å²) in [7, 11) is 0. The lowest BCUT2D eigenvalue weighted by molar-refractivity contribution is 0.669. The van der Waals surface area contributed by atoms with Crippen molar-refractivity contribution in [2.24, 2.45) is 0 Å². The van der Waals surface area contributed by atoms with Gasteiger partial charge in [-0.05, 0) is 58.6 Å². The Labute approximate surface area is 307 Å². The van der Waals surface area contributed by atoms with Crippen LogP contribution in [0.15, 0.2) is 168 Å². The van der Waals surface area contributed by atoms with Crippen molar-refractivity contribution in [3.05, 3.63) is 164 Å². The molecule has 234 valence electrons. The first-order valence-corrected chi connectivity index (χ1v) is 16.5. The maximum Gasteiger partial charge on any atom is 0.164 e. The molecule has 0 amide bonds. The van der Waals surface area contributed by atoms with E-state index in [0.29, 0.717) is 22.3 Å². The minimum atomic E-state index is -0.629. The smallest absolute Gasteiger partial charge is 0.164 e. The van der Waals surface area contributed by atoms with Crippen LogP contribution in [-0.4, -0.2) is 15.0 Å². The average molecular weight is 669 g/mol. The van der Waals surface area contributed by atoms with Gasteiger partial charge >= 0.3 is 0 Å². The van der Waals surface area contributed by atoms with Gasteiger partial charge in [0.15, 0.2) is 17.5 Å². The van der Waals surface area contributed by atoms with Crippen LogP contribution in [0.5, 0.6) is 0 Å². The van der Waals surface area contributed by atoms with Gasteiger partial charge in [0, 0.05) is 47.6 Å². The summed E-state index contributed by atoms with van der Waals surface area (Å²) in [5.41, 5.74) is 3.48. The van der Waals surface area contributed by atoms with E-state index in [1.807, 2.05) is 91.0 Å². The molecular weight excluding hydrogens is 631 g/mol. The SMILES string of the molecule is [2H]c1c([2H])c(-c2nc(-c3ccc(-c4ccccc4)cc3)nc(-c3ccc4c(c3)oc3ccccc34)n2)c([2H])c(-c2c([2H])c([2H])c([2H])c3sc4c([2H])c([2H])c([2H])c([2H])c4c23)c1[2H]. The van der Waals surface area contributed by atoms with E-state index in [1.165, 1.54) is 0 Å². The summed E-state index contributed by atoms with van der Waals surface area (Å²) in [5.74, 6) is 0.165. The topological polar surface area (TPSA) is 51.8 Å². The van der Waals surface area contributed by atoms with Crippen molar-refractivity contribution in [3.8, 4) is 56.4 Å². The summed E-state index contributed by atoms with van der Waals surface area (Å²) in [6.07, 6.45) is 0. The molecule has 0 N–H and O–H groups in total. The molecule has 5 heteroatoms. The molecule has 3 heterocycles. The van der Waals surface area contributed by atoms with Crippen LogP contribution in [0.1, 0.15) is 15.1 Å². The third-order valence-electron chi connectivity index (χ3n) is 8.57. The number of aromatic nitrogens is 3. The molecule has 0 aliphatic rings. The maximum atomic E-state index is 9.69. The summed E-state index contributed by atoms with van der Waals surface area (Å²) >= 11 is 0.855. The van der Waals surface area contributed by atoms with Crippen molar-refractivity contribution in [3.63, 3.8) is 0 Å². The Morgan fingerprint density at radius 2 is 1.10 bits per heavy atom. The van der Waals surface area contributed by atoms with Crippen LogP contribution < -0.4 is 0 Å². The molecular formula is C45H27N3OS. The monoisotopic (exact) mass is 668 g/mol. The molecule has 0 fully saturated rings. The van der Waals surface area contributed by atoms with Crippen molar-refractivity contribution in [1.82, 2.24) is 15.0 Å². The third kappa shape index (κ3) is 4.87. The number of para-hydroxylation sites is 1. The van der Waals surface area contributed by atoms with E-state index in [-0.39, 0.29) is 60.4 Å². The molecule has 50 heavy (non-hydrogen) atoms. The minimum Gasteiger partial charge on any atom is -0.456 e. The molecule has 10 aromatic rings. The number of hydrogen-bond acceptors (Lipinski definition) is 5. The van der Waals surface area contributed by atoms with E-state index in [2.05, 4.69) is 0 Å². The zero-order chi connectivity index (χ0) is 42.6. The summed E-state index contributed by atoms with van der Waals surface area (Å²) in [5, 5.41) is 1.75. The highest BCUT2D eigenvalue weighted by Crippen LogP contribution is 2.41. The first kappa shape index (κ1) is 19.5. The molecule has 0 radical (unpaired) electrons. The molecule has 0 aliphatic heterocycles. The molecule has 0 saturated heterocycles. The van der Waals surface area contributed by atoms with Gasteiger partial charge < -0.3 is 4.42 Å². The first-order chi connectivity index (χ1) is 29.3. The molecule has 0 spiro atoms. The molecule has 0 atom stereocenters. The van der Waals surface area contributed by atoms with Gasteiger partial charge in [-0.2, -0.15) is 0 Å². The second kappa shape index (κ2) is 11.6.